The van der Waals surface area contributed by atoms with Crippen LogP contribution in [0.3, 0.4) is 0 Å². The highest BCUT2D eigenvalue weighted by atomic mass is 32.2. The van der Waals surface area contributed by atoms with Crippen LogP contribution in [-0.2, 0) is 6.42 Å². The fraction of sp³-hybridized carbons (Fsp3) is 0.333. The summed E-state index contributed by atoms with van der Waals surface area (Å²) in [6.45, 7) is 0. The van der Waals surface area contributed by atoms with E-state index in [1.54, 1.807) is 7.11 Å². The Morgan fingerprint density at radius 2 is 1.86 bits per heavy atom. The molecule has 0 spiro atoms. The Hall–Kier alpha value is -1.45. The van der Waals surface area contributed by atoms with Crippen LogP contribution in [0.15, 0.2) is 53.4 Å². The van der Waals surface area contributed by atoms with Gasteiger partial charge in [-0.05, 0) is 43.1 Å². The molecule has 1 N–H and O–H groups in total. The Morgan fingerprint density at radius 1 is 1.10 bits per heavy atom. The number of benzene rings is 2. The van der Waals surface area contributed by atoms with Gasteiger partial charge in [-0.3, -0.25) is 0 Å². The topological polar surface area (TPSA) is 21.3 Å². The molecule has 0 bridgehead atoms. The van der Waals surface area contributed by atoms with E-state index in [4.69, 9.17) is 4.74 Å². The second-order valence-corrected chi connectivity index (χ2v) is 6.59. The van der Waals surface area contributed by atoms with Crippen molar-refractivity contribution in [3.63, 3.8) is 0 Å². The van der Waals surface area contributed by atoms with Crippen molar-refractivity contribution in [3.8, 4) is 5.75 Å². The number of thioether (sulfide) groups is 1. The molecule has 2 nitrogen and oxygen atoms in total. The van der Waals surface area contributed by atoms with Crippen molar-refractivity contribution in [3.05, 3.63) is 59.7 Å². The Morgan fingerprint density at radius 3 is 2.67 bits per heavy atom. The lowest BCUT2D eigenvalue weighted by atomic mass is 9.87. The SMILES string of the molecule is CNC1c2ccccc2CCC1Sc1ccccc1OC. The molecule has 2 unspecified atom stereocenters. The minimum absolute atomic E-state index is 0.393. The summed E-state index contributed by atoms with van der Waals surface area (Å²) in [6.07, 6.45) is 2.34. The largest absolute Gasteiger partial charge is 0.496 e. The van der Waals surface area contributed by atoms with E-state index >= 15 is 0 Å². The first-order chi connectivity index (χ1) is 10.3. The molecule has 0 heterocycles. The summed E-state index contributed by atoms with van der Waals surface area (Å²) >= 11 is 1.92. The average molecular weight is 299 g/mol. The first kappa shape index (κ1) is 14.5. The van der Waals surface area contributed by atoms with Crippen LogP contribution in [0.2, 0.25) is 0 Å². The zero-order chi connectivity index (χ0) is 14.7. The van der Waals surface area contributed by atoms with Crippen LogP contribution in [0.25, 0.3) is 0 Å². The standard InChI is InChI=1S/C18H21NOS/c1-19-18-14-8-4-3-7-13(14)11-12-17(18)21-16-10-6-5-9-15(16)20-2/h3-10,17-19H,11-12H2,1-2H3. The van der Waals surface area contributed by atoms with Gasteiger partial charge in [0.2, 0.25) is 0 Å². The first-order valence-electron chi connectivity index (χ1n) is 7.38. The van der Waals surface area contributed by atoms with Gasteiger partial charge in [-0.15, -0.1) is 11.8 Å². The molecule has 0 amide bonds. The number of hydrogen-bond donors (Lipinski definition) is 1. The Balaban J connectivity index is 1.86. The van der Waals surface area contributed by atoms with Crippen molar-refractivity contribution in [1.29, 1.82) is 0 Å². The van der Waals surface area contributed by atoms with Crippen LogP contribution in [0.1, 0.15) is 23.6 Å². The summed E-state index contributed by atoms with van der Waals surface area (Å²) in [7, 11) is 3.80. The molecule has 0 aromatic heterocycles. The quantitative estimate of drug-likeness (QED) is 0.920. The third-order valence-corrected chi connectivity index (χ3v) is 5.52. The number of hydrogen-bond acceptors (Lipinski definition) is 3. The highest BCUT2D eigenvalue weighted by molar-refractivity contribution is 8.00. The number of rotatable bonds is 4. The van der Waals surface area contributed by atoms with Gasteiger partial charge in [-0.1, -0.05) is 36.4 Å². The summed E-state index contributed by atoms with van der Waals surface area (Å²) in [5.74, 6) is 0.969. The average Bonchev–Trinajstić information content (AvgIpc) is 2.55. The summed E-state index contributed by atoms with van der Waals surface area (Å²) < 4.78 is 5.48. The number of aryl methyl sites for hydroxylation is 1. The summed E-state index contributed by atoms with van der Waals surface area (Å²) in [5.41, 5.74) is 2.92. The van der Waals surface area contributed by atoms with Gasteiger partial charge in [0, 0.05) is 16.2 Å². The molecule has 0 saturated carbocycles. The summed E-state index contributed by atoms with van der Waals surface area (Å²) in [4.78, 5) is 1.23. The molecule has 2 aromatic carbocycles. The van der Waals surface area contributed by atoms with Gasteiger partial charge < -0.3 is 10.1 Å². The van der Waals surface area contributed by atoms with Crippen molar-refractivity contribution in [2.45, 2.75) is 29.0 Å². The Kier molecular flexibility index (Phi) is 4.51. The van der Waals surface area contributed by atoms with E-state index in [9.17, 15) is 0 Å². The summed E-state index contributed by atoms with van der Waals surface area (Å²) in [5, 5.41) is 4.04. The van der Waals surface area contributed by atoms with Crippen molar-refractivity contribution in [2.24, 2.45) is 0 Å². The van der Waals surface area contributed by atoms with E-state index < -0.39 is 0 Å². The number of methoxy groups -OCH3 is 1. The second-order valence-electron chi connectivity index (χ2n) is 5.31. The van der Waals surface area contributed by atoms with E-state index in [0.717, 1.165) is 12.2 Å². The fourth-order valence-electron chi connectivity index (χ4n) is 3.08. The Labute approximate surface area is 130 Å². The zero-order valence-electron chi connectivity index (χ0n) is 12.5. The lowest BCUT2D eigenvalue weighted by Gasteiger charge is -2.33. The van der Waals surface area contributed by atoms with Crippen molar-refractivity contribution < 1.29 is 4.74 Å². The maximum atomic E-state index is 5.48. The number of fused-ring (bicyclic) bond motifs is 1. The highest BCUT2D eigenvalue weighted by Crippen LogP contribution is 2.42. The van der Waals surface area contributed by atoms with E-state index in [2.05, 4.69) is 48.8 Å². The molecule has 21 heavy (non-hydrogen) atoms. The molecule has 3 rings (SSSR count). The molecule has 0 aliphatic heterocycles. The van der Waals surface area contributed by atoms with Crippen molar-refractivity contribution in [1.82, 2.24) is 5.32 Å². The normalized spacial score (nSPS) is 20.9. The molecule has 2 aromatic rings. The van der Waals surface area contributed by atoms with Gasteiger partial charge in [0.05, 0.1) is 7.11 Å². The predicted molar refractivity (Wildman–Crippen MR) is 89.2 cm³/mol. The first-order valence-corrected chi connectivity index (χ1v) is 8.26. The van der Waals surface area contributed by atoms with E-state index in [1.165, 1.54) is 22.4 Å². The molecule has 3 heteroatoms. The maximum absolute atomic E-state index is 5.48. The molecule has 2 atom stereocenters. The highest BCUT2D eigenvalue weighted by Gasteiger charge is 2.29. The smallest absolute Gasteiger partial charge is 0.132 e. The van der Waals surface area contributed by atoms with E-state index in [0.29, 0.717) is 11.3 Å². The minimum Gasteiger partial charge on any atom is -0.496 e. The molecule has 0 radical (unpaired) electrons. The molecule has 0 saturated heterocycles. The third kappa shape index (κ3) is 2.94. The van der Waals surface area contributed by atoms with Gasteiger partial charge >= 0.3 is 0 Å². The Bertz CT molecular complexity index is 614. The van der Waals surface area contributed by atoms with Gasteiger partial charge in [0.25, 0.3) is 0 Å². The maximum Gasteiger partial charge on any atom is 0.132 e. The van der Waals surface area contributed by atoms with Crippen LogP contribution in [0.5, 0.6) is 5.75 Å². The zero-order valence-corrected chi connectivity index (χ0v) is 13.3. The number of ether oxygens (including phenoxy) is 1. The number of nitrogens with one attached hydrogen (secondary N) is 1. The lowest BCUT2D eigenvalue weighted by Crippen LogP contribution is -2.32. The summed E-state index contributed by atoms with van der Waals surface area (Å²) in [6, 6.07) is 17.5. The van der Waals surface area contributed by atoms with Gasteiger partial charge in [-0.25, -0.2) is 0 Å². The number of para-hydroxylation sites is 1. The second kappa shape index (κ2) is 6.54. The van der Waals surface area contributed by atoms with Crippen LogP contribution in [0.4, 0.5) is 0 Å². The van der Waals surface area contributed by atoms with Gasteiger partial charge in [-0.2, -0.15) is 0 Å². The predicted octanol–water partition coefficient (Wildman–Crippen LogP) is 4.06. The van der Waals surface area contributed by atoms with Gasteiger partial charge in [0.1, 0.15) is 5.75 Å². The van der Waals surface area contributed by atoms with Crippen LogP contribution >= 0.6 is 11.8 Å². The molecule has 0 fully saturated rings. The third-order valence-electron chi connectivity index (χ3n) is 4.12. The van der Waals surface area contributed by atoms with Crippen LogP contribution < -0.4 is 10.1 Å². The monoisotopic (exact) mass is 299 g/mol. The minimum atomic E-state index is 0.393. The molecule has 1 aliphatic rings. The van der Waals surface area contributed by atoms with Crippen molar-refractivity contribution in [2.75, 3.05) is 14.2 Å². The lowest BCUT2D eigenvalue weighted by molar-refractivity contribution is 0.404. The van der Waals surface area contributed by atoms with Crippen LogP contribution in [-0.4, -0.2) is 19.4 Å². The molecule has 1 aliphatic carbocycles. The molecular weight excluding hydrogens is 278 g/mol. The van der Waals surface area contributed by atoms with E-state index in [-0.39, 0.29) is 0 Å². The molecule has 110 valence electrons. The molecular formula is C18H21NOS. The van der Waals surface area contributed by atoms with Crippen molar-refractivity contribution >= 4 is 11.8 Å². The van der Waals surface area contributed by atoms with Crippen LogP contribution in [0, 0.1) is 0 Å². The van der Waals surface area contributed by atoms with E-state index in [1.807, 2.05) is 23.9 Å². The fourth-order valence-corrected chi connectivity index (χ4v) is 4.48. The van der Waals surface area contributed by atoms with Gasteiger partial charge in [0.15, 0.2) is 0 Å².